The first kappa shape index (κ1) is 20.1. The van der Waals surface area contributed by atoms with E-state index in [9.17, 15) is 9.90 Å². The average molecular weight is 425 g/mol. The number of urea groups is 1. The monoisotopic (exact) mass is 424 g/mol. The number of nitrogens with one attached hydrogen (secondary N) is 2. The zero-order chi connectivity index (χ0) is 21.1. The molecule has 1 aliphatic heterocycles. The van der Waals surface area contributed by atoms with E-state index in [0.29, 0.717) is 52.2 Å². The summed E-state index contributed by atoms with van der Waals surface area (Å²) in [4.78, 5) is 12.6. The Morgan fingerprint density at radius 3 is 2.40 bits per heavy atom. The lowest BCUT2D eigenvalue weighted by molar-refractivity contribution is 0.170. The van der Waals surface area contributed by atoms with Crippen molar-refractivity contribution in [1.29, 1.82) is 0 Å². The van der Waals surface area contributed by atoms with Crippen LogP contribution in [0.1, 0.15) is 22.8 Å². The molecule has 30 heavy (non-hydrogen) atoms. The van der Waals surface area contributed by atoms with Crippen LogP contribution in [0.4, 0.5) is 16.2 Å². The van der Waals surface area contributed by atoms with E-state index in [4.69, 9.17) is 21.1 Å². The second-order valence-corrected chi connectivity index (χ2v) is 7.42. The Kier molecular flexibility index (Phi) is 5.79. The number of amides is 2. The van der Waals surface area contributed by atoms with Crippen LogP contribution in [-0.4, -0.2) is 24.4 Å². The molecule has 4 rings (SSSR count). The van der Waals surface area contributed by atoms with Crippen molar-refractivity contribution in [2.24, 2.45) is 0 Å². The smallest absolute Gasteiger partial charge is 0.323 e. The Morgan fingerprint density at radius 1 is 1.00 bits per heavy atom. The number of ether oxygens (including phenoxy) is 2. The molecule has 6 nitrogen and oxygen atoms in total. The van der Waals surface area contributed by atoms with E-state index >= 15 is 0 Å². The van der Waals surface area contributed by atoms with Crippen molar-refractivity contribution in [3.63, 3.8) is 0 Å². The first-order valence-corrected chi connectivity index (χ1v) is 9.89. The summed E-state index contributed by atoms with van der Waals surface area (Å²) in [6.45, 7) is 2.82. The number of aliphatic hydroxyl groups excluding tert-OH is 1. The van der Waals surface area contributed by atoms with E-state index in [-0.39, 0.29) is 0 Å². The van der Waals surface area contributed by atoms with Gasteiger partial charge in [0.2, 0.25) is 0 Å². The van der Waals surface area contributed by atoms with Crippen LogP contribution in [-0.2, 0) is 0 Å². The van der Waals surface area contributed by atoms with Gasteiger partial charge < -0.3 is 25.2 Å². The molecule has 0 aliphatic carbocycles. The van der Waals surface area contributed by atoms with Gasteiger partial charge in [0.15, 0.2) is 11.5 Å². The quantitative estimate of drug-likeness (QED) is 0.541. The predicted molar refractivity (Wildman–Crippen MR) is 117 cm³/mol. The van der Waals surface area contributed by atoms with Crippen molar-refractivity contribution in [2.45, 2.75) is 13.0 Å². The van der Waals surface area contributed by atoms with E-state index in [2.05, 4.69) is 10.6 Å². The first-order valence-electron chi connectivity index (χ1n) is 9.51. The molecule has 0 saturated carbocycles. The minimum atomic E-state index is -0.956. The predicted octanol–water partition coefficient (Wildman–Crippen LogP) is 5.15. The fourth-order valence-corrected chi connectivity index (χ4v) is 3.41. The Bertz CT molecular complexity index is 1070. The Balaban J connectivity index is 1.64. The summed E-state index contributed by atoms with van der Waals surface area (Å²) < 4.78 is 11.3. The number of carbonyl (C=O) groups is 1. The third-order valence-electron chi connectivity index (χ3n) is 4.73. The van der Waals surface area contributed by atoms with Gasteiger partial charge in [0.1, 0.15) is 19.3 Å². The van der Waals surface area contributed by atoms with Gasteiger partial charge in [-0.3, -0.25) is 0 Å². The maximum absolute atomic E-state index is 12.6. The Morgan fingerprint density at radius 2 is 1.70 bits per heavy atom. The van der Waals surface area contributed by atoms with Crippen molar-refractivity contribution in [1.82, 2.24) is 0 Å². The number of hydrogen-bond donors (Lipinski definition) is 3. The minimum absolute atomic E-state index is 0.418. The summed E-state index contributed by atoms with van der Waals surface area (Å²) in [6, 6.07) is 17.3. The summed E-state index contributed by atoms with van der Waals surface area (Å²) in [5.74, 6) is 1.04. The molecule has 1 aliphatic rings. The maximum atomic E-state index is 12.6. The van der Waals surface area contributed by atoms with Gasteiger partial charge in [-0.05, 0) is 36.8 Å². The summed E-state index contributed by atoms with van der Waals surface area (Å²) in [6.07, 6.45) is -0.956. The van der Waals surface area contributed by atoms with Gasteiger partial charge >= 0.3 is 6.03 Å². The van der Waals surface area contributed by atoms with E-state index < -0.39 is 12.1 Å². The van der Waals surface area contributed by atoms with E-state index in [0.717, 1.165) is 5.56 Å². The number of anilines is 2. The molecule has 3 aromatic carbocycles. The standard InChI is InChI=1S/C23H21ClN2O4/c1-14-5-7-15(8-6-14)22(27)18-12-20-21(30-10-9-29-20)13-19(18)26-23(28)25-17-4-2-3-16(24)11-17/h2-8,11-13,22,27H,9-10H2,1H3,(H2,25,26,28). The average Bonchev–Trinajstić information content (AvgIpc) is 2.73. The molecule has 0 aromatic heterocycles. The summed E-state index contributed by atoms with van der Waals surface area (Å²) in [7, 11) is 0. The van der Waals surface area contributed by atoms with Gasteiger partial charge in [-0.15, -0.1) is 0 Å². The highest BCUT2D eigenvalue weighted by Crippen LogP contribution is 2.39. The molecule has 1 heterocycles. The highest BCUT2D eigenvalue weighted by atomic mass is 35.5. The number of hydrogen-bond acceptors (Lipinski definition) is 4. The summed E-state index contributed by atoms with van der Waals surface area (Å²) in [5.41, 5.74) is 3.28. The molecule has 0 spiro atoms. The molecular weight excluding hydrogens is 404 g/mol. The van der Waals surface area contributed by atoms with Gasteiger partial charge in [-0.2, -0.15) is 0 Å². The van der Waals surface area contributed by atoms with E-state index in [1.54, 1.807) is 36.4 Å². The number of aryl methyl sites for hydroxylation is 1. The van der Waals surface area contributed by atoms with Crippen molar-refractivity contribution in [2.75, 3.05) is 23.8 Å². The number of aliphatic hydroxyl groups is 1. The second kappa shape index (κ2) is 8.65. The van der Waals surface area contributed by atoms with Crippen LogP contribution in [0.15, 0.2) is 60.7 Å². The molecule has 0 bridgehead atoms. The molecule has 2 amide bonds. The molecule has 154 valence electrons. The lowest BCUT2D eigenvalue weighted by atomic mass is 9.98. The zero-order valence-electron chi connectivity index (χ0n) is 16.3. The minimum Gasteiger partial charge on any atom is -0.486 e. The number of carbonyl (C=O) groups excluding carboxylic acids is 1. The van der Waals surface area contributed by atoms with Crippen molar-refractivity contribution in [3.05, 3.63) is 82.4 Å². The lowest BCUT2D eigenvalue weighted by Crippen LogP contribution is -2.22. The SMILES string of the molecule is Cc1ccc(C(O)c2cc3c(cc2NC(=O)Nc2cccc(Cl)c2)OCCO3)cc1. The Labute approximate surface area is 179 Å². The van der Waals surface area contributed by atoms with E-state index in [1.807, 2.05) is 31.2 Å². The third kappa shape index (κ3) is 4.50. The largest absolute Gasteiger partial charge is 0.486 e. The molecule has 3 N–H and O–H groups in total. The fraction of sp³-hybridized carbons (Fsp3) is 0.174. The fourth-order valence-electron chi connectivity index (χ4n) is 3.22. The van der Waals surface area contributed by atoms with Gasteiger partial charge in [-0.25, -0.2) is 4.79 Å². The molecule has 0 fully saturated rings. The summed E-state index contributed by atoms with van der Waals surface area (Å²) >= 11 is 5.98. The molecule has 3 aromatic rings. The summed E-state index contributed by atoms with van der Waals surface area (Å²) in [5, 5.41) is 17.1. The van der Waals surface area contributed by atoms with Gasteiger partial charge in [-0.1, -0.05) is 47.5 Å². The van der Waals surface area contributed by atoms with Crippen LogP contribution in [0.3, 0.4) is 0 Å². The number of halogens is 1. The molecule has 0 radical (unpaired) electrons. The maximum Gasteiger partial charge on any atom is 0.323 e. The molecule has 7 heteroatoms. The van der Waals surface area contributed by atoms with Crippen LogP contribution in [0, 0.1) is 6.92 Å². The topological polar surface area (TPSA) is 79.8 Å². The van der Waals surface area contributed by atoms with Crippen LogP contribution in [0.5, 0.6) is 11.5 Å². The van der Waals surface area contributed by atoms with Gasteiger partial charge in [0, 0.05) is 22.3 Å². The van der Waals surface area contributed by atoms with Crippen LogP contribution in [0.25, 0.3) is 0 Å². The molecular formula is C23H21ClN2O4. The van der Waals surface area contributed by atoms with Crippen LogP contribution >= 0.6 is 11.6 Å². The number of benzene rings is 3. The van der Waals surface area contributed by atoms with Crippen LogP contribution in [0.2, 0.25) is 5.02 Å². The van der Waals surface area contributed by atoms with Crippen molar-refractivity contribution >= 4 is 29.0 Å². The van der Waals surface area contributed by atoms with E-state index in [1.165, 1.54) is 0 Å². The molecule has 0 saturated heterocycles. The third-order valence-corrected chi connectivity index (χ3v) is 4.97. The highest BCUT2D eigenvalue weighted by Gasteiger charge is 2.22. The van der Waals surface area contributed by atoms with Crippen molar-refractivity contribution in [3.8, 4) is 11.5 Å². The Hall–Kier alpha value is -3.22. The number of fused-ring (bicyclic) bond motifs is 1. The second-order valence-electron chi connectivity index (χ2n) is 6.99. The normalized spacial score (nSPS) is 13.4. The lowest BCUT2D eigenvalue weighted by Gasteiger charge is -2.23. The number of rotatable bonds is 4. The zero-order valence-corrected chi connectivity index (χ0v) is 17.1. The first-order chi connectivity index (χ1) is 14.5. The van der Waals surface area contributed by atoms with Crippen molar-refractivity contribution < 1.29 is 19.4 Å². The van der Waals surface area contributed by atoms with Gasteiger partial charge in [0.05, 0.1) is 5.69 Å². The highest BCUT2D eigenvalue weighted by molar-refractivity contribution is 6.30. The molecule has 1 unspecified atom stereocenters. The van der Waals surface area contributed by atoms with Crippen LogP contribution < -0.4 is 20.1 Å². The molecule has 1 atom stereocenters. The van der Waals surface area contributed by atoms with Gasteiger partial charge in [0.25, 0.3) is 0 Å².